The number of methoxy groups -OCH3 is 1. The Bertz CT molecular complexity index is 700. The van der Waals surface area contributed by atoms with Crippen LogP contribution in [-0.2, 0) is 6.54 Å². The minimum Gasteiger partial charge on any atom is -0.497 e. The van der Waals surface area contributed by atoms with Crippen LogP contribution in [0.25, 0.3) is 0 Å². The zero-order valence-electron chi connectivity index (χ0n) is 16.0. The van der Waals surface area contributed by atoms with Crippen molar-refractivity contribution in [3.05, 3.63) is 54.2 Å². The van der Waals surface area contributed by atoms with E-state index < -0.39 is 0 Å². The minimum atomic E-state index is 0. The van der Waals surface area contributed by atoms with Crippen LogP contribution in [0, 0.1) is 0 Å². The molecule has 2 aromatic rings. The fraction of sp³-hybridized carbons (Fsp3) is 0.400. The molecule has 1 N–H and O–H groups in total. The number of piperazine rings is 1. The van der Waals surface area contributed by atoms with E-state index in [-0.39, 0.29) is 24.0 Å². The molecular formula is C20H28IN5O. The zero-order chi connectivity index (χ0) is 18.2. The lowest BCUT2D eigenvalue weighted by atomic mass is 10.2. The molecule has 1 fully saturated rings. The molecule has 7 heteroatoms. The largest absolute Gasteiger partial charge is 0.497 e. The van der Waals surface area contributed by atoms with Gasteiger partial charge in [0.1, 0.15) is 11.6 Å². The summed E-state index contributed by atoms with van der Waals surface area (Å²) in [5, 5.41) is 3.42. The monoisotopic (exact) mass is 481 g/mol. The maximum absolute atomic E-state index is 5.21. The second-order valence-corrected chi connectivity index (χ2v) is 6.18. The first-order chi connectivity index (χ1) is 12.8. The molecule has 146 valence electrons. The molecule has 6 nitrogen and oxygen atoms in total. The highest BCUT2D eigenvalue weighted by Gasteiger charge is 2.20. The molecular weight excluding hydrogens is 453 g/mol. The third-order valence-electron chi connectivity index (χ3n) is 4.46. The number of anilines is 1. The second-order valence-electron chi connectivity index (χ2n) is 6.18. The van der Waals surface area contributed by atoms with Crippen molar-refractivity contribution in [2.24, 2.45) is 4.99 Å². The van der Waals surface area contributed by atoms with E-state index in [1.807, 2.05) is 30.5 Å². The summed E-state index contributed by atoms with van der Waals surface area (Å²) in [6.07, 6.45) is 1.85. The standard InChI is InChI=1S/C20H27N5O.HI/c1-3-21-20(23-16-17-7-9-18(26-2)10-8-17)25-14-12-24(13-15-25)19-6-4-5-11-22-19;/h4-11H,3,12-16H2,1-2H3,(H,21,23);1H. The van der Waals surface area contributed by atoms with Crippen LogP contribution < -0.4 is 15.0 Å². The van der Waals surface area contributed by atoms with Gasteiger partial charge in [-0.3, -0.25) is 0 Å². The Morgan fingerprint density at radius 3 is 2.44 bits per heavy atom. The van der Waals surface area contributed by atoms with E-state index in [9.17, 15) is 0 Å². The molecule has 0 amide bonds. The van der Waals surface area contributed by atoms with Gasteiger partial charge >= 0.3 is 0 Å². The van der Waals surface area contributed by atoms with Gasteiger partial charge in [-0.15, -0.1) is 24.0 Å². The molecule has 0 unspecified atom stereocenters. The number of halogens is 1. The third kappa shape index (κ3) is 5.98. The smallest absolute Gasteiger partial charge is 0.194 e. The van der Waals surface area contributed by atoms with Crippen LogP contribution in [0.4, 0.5) is 5.82 Å². The number of aromatic nitrogens is 1. The maximum Gasteiger partial charge on any atom is 0.194 e. The Hall–Kier alpha value is -2.03. The van der Waals surface area contributed by atoms with Gasteiger partial charge in [-0.2, -0.15) is 0 Å². The molecule has 1 aromatic carbocycles. The van der Waals surface area contributed by atoms with Crippen LogP contribution in [0.3, 0.4) is 0 Å². The SMILES string of the molecule is CCNC(=NCc1ccc(OC)cc1)N1CCN(c2ccccn2)CC1.I. The highest BCUT2D eigenvalue weighted by molar-refractivity contribution is 14.0. The van der Waals surface area contributed by atoms with Crippen molar-refractivity contribution in [1.82, 2.24) is 15.2 Å². The number of aliphatic imine (C=N–C) groups is 1. The number of ether oxygens (including phenoxy) is 1. The van der Waals surface area contributed by atoms with Crippen molar-refractivity contribution in [1.29, 1.82) is 0 Å². The predicted molar refractivity (Wildman–Crippen MR) is 121 cm³/mol. The Labute approximate surface area is 178 Å². The van der Waals surface area contributed by atoms with Crippen LogP contribution in [0.1, 0.15) is 12.5 Å². The Morgan fingerprint density at radius 2 is 1.85 bits per heavy atom. The van der Waals surface area contributed by atoms with Gasteiger partial charge in [0.25, 0.3) is 0 Å². The maximum atomic E-state index is 5.21. The van der Waals surface area contributed by atoms with E-state index in [0.29, 0.717) is 6.54 Å². The lowest BCUT2D eigenvalue weighted by Crippen LogP contribution is -2.52. The molecule has 1 saturated heterocycles. The van der Waals surface area contributed by atoms with Gasteiger partial charge in [-0.05, 0) is 36.8 Å². The van der Waals surface area contributed by atoms with Gasteiger partial charge in [0, 0.05) is 38.9 Å². The normalized spacial score (nSPS) is 14.5. The number of rotatable bonds is 5. The number of nitrogens with one attached hydrogen (secondary N) is 1. The minimum absolute atomic E-state index is 0. The first kappa shape index (κ1) is 21.3. The summed E-state index contributed by atoms with van der Waals surface area (Å²) < 4.78 is 5.21. The summed E-state index contributed by atoms with van der Waals surface area (Å²) in [4.78, 5) is 13.9. The van der Waals surface area contributed by atoms with Gasteiger partial charge in [-0.1, -0.05) is 18.2 Å². The van der Waals surface area contributed by atoms with Crippen LogP contribution in [-0.4, -0.2) is 55.7 Å². The first-order valence-corrected chi connectivity index (χ1v) is 9.12. The first-order valence-electron chi connectivity index (χ1n) is 9.12. The van der Waals surface area contributed by atoms with E-state index >= 15 is 0 Å². The lowest BCUT2D eigenvalue weighted by Gasteiger charge is -2.37. The number of guanidine groups is 1. The van der Waals surface area contributed by atoms with Crippen molar-refractivity contribution in [3.63, 3.8) is 0 Å². The molecule has 0 bridgehead atoms. The number of hydrogen-bond donors (Lipinski definition) is 1. The molecule has 1 aliphatic rings. The van der Waals surface area contributed by atoms with Gasteiger partial charge in [-0.25, -0.2) is 9.98 Å². The van der Waals surface area contributed by atoms with Crippen molar-refractivity contribution in [3.8, 4) is 5.75 Å². The van der Waals surface area contributed by atoms with E-state index in [4.69, 9.17) is 9.73 Å². The lowest BCUT2D eigenvalue weighted by molar-refractivity contribution is 0.371. The molecule has 2 heterocycles. The Kier molecular flexibility index (Phi) is 8.63. The van der Waals surface area contributed by atoms with Gasteiger partial charge in [0.05, 0.1) is 13.7 Å². The second kappa shape index (κ2) is 11.0. The Morgan fingerprint density at radius 1 is 1.11 bits per heavy atom. The average molecular weight is 481 g/mol. The van der Waals surface area contributed by atoms with Gasteiger partial charge in [0.15, 0.2) is 5.96 Å². The van der Waals surface area contributed by atoms with Crippen LogP contribution in [0.5, 0.6) is 5.75 Å². The third-order valence-corrected chi connectivity index (χ3v) is 4.46. The molecule has 0 radical (unpaired) electrons. The average Bonchev–Trinajstić information content (AvgIpc) is 2.72. The van der Waals surface area contributed by atoms with Crippen LogP contribution in [0.15, 0.2) is 53.7 Å². The van der Waals surface area contributed by atoms with Crippen molar-refractivity contribution >= 4 is 35.8 Å². The summed E-state index contributed by atoms with van der Waals surface area (Å²) in [6, 6.07) is 14.1. The van der Waals surface area contributed by atoms with Crippen molar-refractivity contribution < 1.29 is 4.74 Å². The molecule has 0 atom stereocenters. The molecule has 27 heavy (non-hydrogen) atoms. The number of benzene rings is 1. The predicted octanol–water partition coefficient (Wildman–Crippen LogP) is 3.00. The molecule has 0 spiro atoms. The molecule has 1 aromatic heterocycles. The highest BCUT2D eigenvalue weighted by atomic mass is 127. The molecule has 0 aliphatic carbocycles. The van der Waals surface area contributed by atoms with Crippen molar-refractivity contribution in [2.45, 2.75) is 13.5 Å². The van der Waals surface area contributed by atoms with E-state index in [1.54, 1.807) is 7.11 Å². The fourth-order valence-corrected chi connectivity index (χ4v) is 3.01. The molecule has 3 rings (SSSR count). The zero-order valence-corrected chi connectivity index (χ0v) is 18.3. The number of pyridine rings is 1. The summed E-state index contributed by atoms with van der Waals surface area (Å²) in [5.41, 5.74) is 1.17. The van der Waals surface area contributed by atoms with Crippen LogP contribution in [0.2, 0.25) is 0 Å². The topological polar surface area (TPSA) is 53.0 Å². The Balaban J connectivity index is 0.00000261. The molecule has 0 saturated carbocycles. The number of nitrogens with zero attached hydrogens (tertiary/aromatic N) is 4. The summed E-state index contributed by atoms with van der Waals surface area (Å²) in [5.74, 6) is 2.89. The van der Waals surface area contributed by atoms with Gasteiger partial charge in [0.2, 0.25) is 0 Å². The summed E-state index contributed by atoms with van der Waals surface area (Å²) >= 11 is 0. The van der Waals surface area contributed by atoms with Crippen LogP contribution >= 0.6 is 24.0 Å². The van der Waals surface area contributed by atoms with E-state index in [0.717, 1.165) is 50.3 Å². The molecule has 1 aliphatic heterocycles. The quantitative estimate of drug-likeness (QED) is 0.405. The summed E-state index contributed by atoms with van der Waals surface area (Å²) in [7, 11) is 1.68. The highest BCUT2D eigenvalue weighted by Crippen LogP contribution is 2.14. The summed E-state index contributed by atoms with van der Waals surface area (Å²) in [6.45, 7) is 7.39. The van der Waals surface area contributed by atoms with E-state index in [2.05, 4.69) is 45.2 Å². The number of hydrogen-bond acceptors (Lipinski definition) is 4. The van der Waals surface area contributed by atoms with E-state index in [1.165, 1.54) is 5.56 Å². The van der Waals surface area contributed by atoms with Gasteiger partial charge < -0.3 is 19.9 Å². The van der Waals surface area contributed by atoms with Crippen molar-refractivity contribution in [2.75, 3.05) is 44.7 Å². The fourth-order valence-electron chi connectivity index (χ4n) is 3.01.